The first-order valence-corrected chi connectivity index (χ1v) is 5.06. The van der Waals surface area contributed by atoms with Crippen LogP contribution >= 0.6 is 0 Å². The van der Waals surface area contributed by atoms with E-state index in [1.807, 2.05) is 0 Å². The molecule has 0 aliphatic rings. The highest BCUT2D eigenvalue weighted by molar-refractivity contribution is 5.84. The average Bonchev–Trinajstić information content (AvgIpc) is 2.27. The number of carbonyl (C=O) groups excluding carboxylic acids is 1. The highest BCUT2D eigenvalue weighted by Crippen LogP contribution is 2.29. The Morgan fingerprint density at radius 1 is 1.41 bits per heavy atom. The van der Waals surface area contributed by atoms with E-state index >= 15 is 0 Å². The first-order chi connectivity index (χ1) is 7.84. The molecule has 0 fully saturated rings. The van der Waals surface area contributed by atoms with Crippen LogP contribution in [0.2, 0.25) is 0 Å². The van der Waals surface area contributed by atoms with Crippen LogP contribution in [0.15, 0.2) is 24.3 Å². The Balaban J connectivity index is 2.83. The largest absolute Gasteiger partial charge is 0.416 e. The van der Waals surface area contributed by atoms with Gasteiger partial charge in [-0.3, -0.25) is 4.79 Å². The van der Waals surface area contributed by atoms with E-state index in [4.69, 9.17) is 4.74 Å². The zero-order valence-electron chi connectivity index (χ0n) is 9.54. The fourth-order valence-electron chi connectivity index (χ4n) is 1.33. The summed E-state index contributed by atoms with van der Waals surface area (Å²) in [4.78, 5) is 11.5. The maximum absolute atomic E-state index is 12.4. The molecular formula is C12H13F3O2. The summed E-state index contributed by atoms with van der Waals surface area (Å²) < 4.78 is 42.1. The zero-order chi connectivity index (χ0) is 13.1. The molecule has 0 spiro atoms. The van der Waals surface area contributed by atoms with Gasteiger partial charge in [-0.2, -0.15) is 13.2 Å². The van der Waals surface area contributed by atoms with Gasteiger partial charge in [-0.15, -0.1) is 0 Å². The number of halogens is 3. The van der Waals surface area contributed by atoms with Gasteiger partial charge >= 0.3 is 6.18 Å². The normalized spacial score (nSPS) is 13.5. The molecule has 0 saturated carbocycles. The van der Waals surface area contributed by atoms with E-state index in [0.717, 1.165) is 12.1 Å². The number of rotatable bonds is 4. The second kappa shape index (κ2) is 5.31. The number of ketones is 1. The van der Waals surface area contributed by atoms with E-state index in [-0.39, 0.29) is 12.2 Å². The van der Waals surface area contributed by atoms with Crippen molar-refractivity contribution in [1.82, 2.24) is 0 Å². The molecule has 0 amide bonds. The predicted molar refractivity (Wildman–Crippen MR) is 56.6 cm³/mol. The van der Waals surface area contributed by atoms with Gasteiger partial charge in [-0.1, -0.05) is 18.2 Å². The molecule has 1 rings (SSSR count). The summed E-state index contributed by atoms with van der Waals surface area (Å²) in [5.41, 5.74) is -0.401. The molecule has 0 saturated heterocycles. The first-order valence-electron chi connectivity index (χ1n) is 5.06. The van der Waals surface area contributed by atoms with Crippen LogP contribution in [0.1, 0.15) is 18.1 Å². The van der Waals surface area contributed by atoms with E-state index in [1.165, 1.54) is 19.2 Å². The Hall–Kier alpha value is -1.36. The Kier molecular flexibility index (Phi) is 4.28. The standard InChI is InChI=1S/C12H13F3O2/c1-8(17-2)11(16)7-9-4-3-5-10(6-9)12(13,14)15/h3-6,8H,7H2,1-2H3. The van der Waals surface area contributed by atoms with Crippen LogP contribution in [-0.2, 0) is 22.1 Å². The lowest BCUT2D eigenvalue weighted by molar-refractivity contribution is -0.137. The van der Waals surface area contributed by atoms with Gasteiger partial charge < -0.3 is 4.74 Å². The maximum Gasteiger partial charge on any atom is 0.416 e. The lowest BCUT2D eigenvalue weighted by atomic mass is 10.0. The molecule has 0 radical (unpaired) electrons. The minimum atomic E-state index is -4.38. The fourth-order valence-corrected chi connectivity index (χ4v) is 1.33. The molecule has 1 atom stereocenters. The van der Waals surface area contributed by atoms with E-state index in [2.05, 4.69) is 0 Å². The van der Waals surface area contributed by atoms with Crippen molar-refractivity contribution in [3.8, 4) is 0 Å². The minimum Gasteiger partial charge on any atom is -0.374 e. The molecular weight excluding hydrogens is 233 g/mol. The predicted octanol–water partition coefficient (Wildman–Crippen LogP) is 2.85. The van der Waals surface area contributed by atoms with E-state index in [1.54, 1.807) is 6.92 Å². The zero-order valence-corrected chi connectivity index (χ0v) is 9.54. The van der Waals surface area contributed by atoms with E-state index < -0.39 is 17.8 Å². The number of hydrogen-bond acceptors (Lipinski definition) is 2. The Bertz CT molecular complexity index is 399. The number of alkyl halides is 3. The van der Waals surface area contributed by atoms with E-state index in [9.17, 15) is 18.0 Å². The topological polar surface area (TPSA) is 26.3 Å². The lowest BCUT2D eigenvalue weighted by Crippen LogP contribution is -2.21. The highest BCUT2D eigenvalue weighted by atomic mass is 19.4. The molecule has 0 N–H and O–H groups in total. The van der Waals surface area contributed by atoms with Crippen molar-refractivity contribution in [3.63, 3.8) is 0 Å². The number of ether oxygens (including phenoxy) is 1. The quantitative estimate of drug-likeness (QED) is 0.816. The molecule has 5 heteroatoms. The summed E-state index contributed by atoms with van der Waals surface area (Å²) in [5, 5.41) is 0. The Morgan fingerprint density at radius 3 is 2.59 bits per heavy atom. The second-order valence-electron chi connectivity index (χ2n) is 3.72. The number of hydrogen-bond donors (Lipinski definition) is 0. The van der Waals surface area contributed by atoms with Crippen molar-refractivity contribution >= 4 is 5.78 Å². The summed E-state index contributed by atoms with van der Waals surface area (Å²) in [6, 6.07) is 4.76. The van der Waals surface area contributed by atoms with Gasteiger partial charge in [0.1, 0.15) is 6.10 Å². The van der Waals surface area contributed by atoms with Crippen molar-refractivity contribution in [2.75, 3.05) is 7.11 Å². The van der Waals surface area contributed by atoms with Gasteiger partial charge in [0.25, 0.3) is 0 Å². The van der Waals surface area contributed by atoms with Gasteiger partial charge in [-0.25, -0.2) is 0 Å². The molecule has 0 aromatic heterocycles. The molecule has 0 aliphatic heterocycles. The third kappa shape index (κ3) is 3.85. The van der Waals surface area contributed by atoms with Gasteiger partial charge in [0.05, 0.1) is 5.56 Å². The Morgan fingerprint density at radius 2 is 2.06 bits per heavy atom. The van der Waals surface area contributed by atoms with Crippen molar-refractivity contribution in [1.29, 1.82) is 0 Å². The summed E-state index contributed by atoms with van der Waals surface area (Å²) in [7, 11) is 1.38. The molecule has 0 bridgehead atoms. The second-order valence-corrected chi connectivity index (χ2v) is 3.72. The Labute approximate surface area is 97.4 Å². The molecule has 0 heterocycles. The molecule has 17 heavy (non-hydrogen) atoms. The van der Waals surface area contributed by atoms with Crippen LogP contribution in [-0.4, -0.2) is 19.0 Å². The summed E-state index contributed by atoms with van der Waals surface area (Å²) in [6.45, 7) is 1.57. The highest BCUT2D eigenvalue weighted by Gasteiger charge is 2.30. The van der Waals surface area contributed by atoms with Crippen molar-refractivity contribution in [2.45, 2.75) is 25.6 Å². The van der Waals surface area contributed by atoms with Crippen LogP contribution in [0, 0.1) is 0 Å². The van der Waals surface area contributed by atoms with Gasteiger partial charge in [-0.05, 0) is 18.6 Å². The smallest absolute Gasteiger partial charge is 0.374 e. The third-order valence-electron chi connectivity index (χ3n) is 2.44. The fraction of sp³-hybridized carbons (Fsp3) is 0.417. The molecule has 2 nitrogen and oxygen atoms in total. The van der Waals surface area contributed by atoms with Crippen molar-refractivity contribution < 1.29 is 22.7 Å². The number of methoxy groups -OCH3 is 1. The summed E-state index contributed by atoms with van der Waals surface area (Å²) in [5.74, 6) is -0.244. The lowest BCUT2D eigenvalue weighted by Gasteiger charge is -2.10. The first kappa shape index (κ1) is 13.7. The molecule has 94 valence electrons. The SMILES string of the molecule is COC(C)C(=O)Cc1cccc(C(F)(F)F)c1. The average molecular weight is 246 g/mol. The number of benzene rings is 1. The van der Waals surface area contributed by atoms with Crippen molar-refractivity contribution in [3.05, 3.63) is 35.4 Å². The van der Waals surface area contributed by atoms with Crippen molar-refractivity contribution in [2.24, 2.45) is 0 Å². The van der Waals surface area contributed by atoms with E-state index in [0.29, 0.717) is 5.56 Å². The molecule has 0 aliphatic carbocycles. The molecule has 1 aromatic rings. The number of carbonyl (C=O) groups is 1. The maximum atomic E-state index is 12.4. The van der Waals surface area contributed by atoms with Crippen LogP contribution in [0.5, 0.6) is 0 Å². The monoisotopic (exact) mass is 246 g/mol. The van der Waals surface area contributed by atoms with Crippen LogP contribution < -0.4 is 0 Å². The molecule has 1 aromatic carbocycles. The van der Waals surface area contributed by atoms with Crippen LogP contribution in [0.3, 0.4) is 0 Å². The van der Waals surface area contributed by atoms with Crippen LogP contribution in [0.25, 0.3) is 0 Å². The van der Waals surface area contributed by atoms with Crippen LogP contribution in [0.4, 0.5) is 13.2 Å². The summed E-state index contributed by atoms with van der Waals surface area (Å²) >= 11 is 0. The minimum absolute atomic E-state index is 0.0566. The van der Waals surface area contributed by atoms with Gasteiger partial charge in [0, 0.05) is 13.5 Å². The summed E-state index contributed by atoms with van der Waals surface area (Å²) in [6.07, 6.45) is -5.05. The number of Topliss-reactive ketones (excluding diaryl/α,β-unsaturated/α-hetero) is 1. The third-order valence-corrected chi connectivity index (χ3v) is 2.44. The molecule has 1 unspecified atom stereocenters. The van der Waals surface area contributed by atoms with Gasteiger partial charge in [0.2, 0.25) is 0 Å². The van der Waals surface area contributed by atoms with Gasteiger partial charge in [0.15, 0.2) is 5.78 Å².